The molecule has 6 heteroatoms. The summed E-state index contributed by atoms with van der Waals surface area (Å²) in [5.74, 6) is -0.554. The molecule has 0 aromatic carbocycles. The standard InChI is InChI=1S/C5H13NO4S/c1-5(2)6(7)3-4-11(8,9)10/h5,7H,3-4H2,1-2H3,(H,8,9,10)/p-1. The summed E-state index contributed by atoms with van der Waals surface area (Å²) < 4.78 is 30.2. The quantitative estimate of drug-likeness (QED) is 0.474. The van der Waals surface area contributed by atoms with Crippen LogP contribution in [0.25, 0.3) is 0 Å². The van der Waals surface area contributed by atoms with E-state index in [0.29, 0.717) is 0 Å². The van der Waals surface area contributed by atoms with E-state index in [1.54, 1.807) is 13.8 Å². The molecule has 0 aliphatic rings. The van der Waals surface area contributed by atoms with Gasteiger partial charge < -0.3 is 9.76 Å². The van der Waals surface area contributed by atoms with Crippen LogP contribution in [0, 0.1) is 0 Å². The molecule has 0 aliphatic carbocycles. The third-order valence-electron chi connectivity index (χ3n) is 1.17. The number of nitrogens with zero attached hydrogens (tertiary/aromatic N) is 1. The summed E-state index contributed by atoms with van der Waals surface area (Å²) in [5, 5.41) is 9.73. The molecule has 0 bridgehead atoms. The summed E-state index contributed by atoms with van der Waals surface area (Å²) in [7, 11) is -4.20. The highest BCUT2D eigenvalue weighted by molar-refractivity contribution is 7.85. The van der Waals surface area contributed by atoms with E-state index in [-0.39, 0.29) is 12.6 Å². The van der Waals surface area contributed by atoms with Gasteiger partial charge in [0.15, 0.2) is 0 Å². The van der Waals surface area contributed by atoms with Gasteiger partial charge in [0.25, 0.3) is 0 Å². The Hall–Kier alpha value is -0.170. The van der Waals surface area contributed by atoms with Crippen molar-refractivity contribution in [3.63, 3.8) is 0 Å². The van der Waals surface area contributed by atoms with Crippen LogP contribution < -0.4 is 0 Å². The van der Waals surface area contributed by atoms with Crippen molar-refractivity contribution in [1.29, 1.82) is 0 Å². The highest BCUT2D eigenvalue weighted by atomic mass is 32.2. The molecule has 0 aliphatic heterocycles. The molecule has 5 nitrogen and oxygen atoms in total. The molecule has 0 saturated carbocycles. The lowest BCUT2D eigenvalue weighted by Gasteiger charge is -2.19. The Morgan fingerprint density at radius 3 is 2.27 bits per heavy atom. The van der Waals surface area contributed by atoms with Gasteiger partial charge in [0.2, 0.25) is 0 Å². The molecule has 0 saturated heterocycles. The summed E-state index contributed by atoms with van der Waals surface area (Å²) in [6.07, 6.45) is 0. The van der Waals surface area contributed by atoms with E-state index < -0.39 is 15.9 Å². The van der Waals surface area contributed by atoms with Gasteiger partial charge in [-0.2, -0.15) is 5.06 Å². The summed E-state index contributed by atoms with van der Waals surface area (Å²) >= 11 is 0. The van der Waals surface area contributed by atoms with Crippen molar-refractivity contribution in [2.75, 3.05) is 12.3 Å². The monoisotopic (exact) mass is 182 g/mol. The van der Waals surface area contributed by atoms with E-state index in [4.69, 9.17) is 5.21 Å². The Balaban J connectivity index is 3.72. The van der Waals surface area contributed by atoms with Gasteiger partial charge >= 0.3 is 0 Å². The van der Waals surface area contributed by atoms with E-state index in [1.807, 2.05) is 0 Å². The minimum Gasteiger partial charge on any atom is -0.748 e. The molecule has 0 radical (unpaired) electrons. The maximum absolute atomic E-state index is 10.1. The predicted molar refractivity (Wildman–Crippen MR) is 38.2 cm³/mol. The third kappa shape index (κ3) is 6.24. The molecule has 0 aromatic rings. The zero-order valence-electron chi connectivity index (χ0n) is 6.52. The van der Waals surface area contributed by atoms with Crippen molar-refractivity contribution in [3.8, 4) is 0 Å². The van der Waals surface area contributed by atoms with Gasteiger partial charge in [-0.1, -0.05) is 0 Å². The first-order chi connectivity index (χ1) is 4.83. The van der Waals surface area contributed by atoms with Gasteiger partial charge in [0, 0.05) is 12.6 Å². The lowest BCUT2D eigenvalue weighted by Crippen LogP contribution is -2.31. The van der Waals surface area contributed by atoms with Crippen LogP contribution in [0.4, 0.5) is 0 Å². The van der Waals surface area contributed by atoms with Gasteiger partial charge in [0.05, 0.1) is 15.9 Å². The van der Waals surface area contributed by atoms with Crippen LogP contribution in [0.5, 0.6) is 0 Å². The minimum atomic E-state index is -4.20. The lowest BCUT2D eigenvalue weighted by molar-refractivity contribution is -0.111. The fraction of sp³-hybridized carbons (Fsp3) is 1.00. The van der Waals surface area contributed by atoms with E-state index in [2.05, 4.69) is 0 Å². The van der Waals surface area contributed by atoms with Crippen molar-refractivity contribution in [1.82, 2.24) is 5.06 Å². The van der Waals surface area contributed by atoms with E-state index >= 15 is 0 Å². The van der Waals surface area contributed by atoms with Crippen LogP contribution in [0.15, 0.2) is 0 Å². The number of hydrogen-bond donors (Lipinski definition) is 1. The van der Waals surface area contributed by atoms with Crippen LogP contribution in [-0.4, -0.2) is 41.6 Å². The second kappa shape index (κ2) is 4.01. The largest absolute Gasteiger partial charge is 0.748 e. The number of rotatable bonds is 4. The molecule has 0 atom stereocenters. The van der Waals surface area contributed by atoms with Crippen molar-refractivity contribution in [2.45, 2.75) is 19.9 Å². The Morgan fingerprint density at radius 1 is 1.55 bits per heavy atom. The summed E-state index contributed by atoms with van der Waals surface area (Å²) in [6.45, 7) is 3.25. The second-order valence-corrected chi connectivity index (χ2v) is 4.04. The summed E-state index contributed by atoms with van der Waals surface area (Å²) in [6, 6.07) is -0.170. The molecule has 0 fully saturated rings. The lowest BCUT2D eigenvalue weighted by atomic mass is 10.4. The maximum Gasteiger partial charge on any atom is 0.0959 e. The first-order valence-electron chi connectivity index (χ1n) is 3.22. The van der Waals surface area contributed by atoms with E-state index in [1.165, 1.54) is 0 Å². The molecule has 0 aromatic heterocycles. The molecule has 0 unspecified atom stereocenters. The number of hydroxylamine groups is 2. The van der Waals surface area contributed by atoms with E-state index in [0.717, 1.165) is 5.06 Å². The smallest absolute Gasteiger partial charge is 0.0959 e. The maximum atomic E-state index is 10.1. The Labute approximate surface area is 66.3 Å². The van der Waals surface area contributed by atoms with Crippen LogP contribution in [-0.2, 0) is 10.1 Å². The third-order valence-corrected chi connectivity index (χ3v) is 1.85. The van der Waals surface area contributed by atoms with Crippen molar-refractivity contribution in [3.05, 3.63) is 0 Å². The molecule has 11 heavy (non-hydrogen) atoms. The van der Waals surface area contributed by atoms with Crippen LogP contribution >= 0.6 is 0 Å². The normalized spacial score (nSPS) is 12.9. The average molecular weight is 182 g/mol. The summed E-state index contributed by atoms with van der Waals surface area (Å²) in [5.41, 5.74) is 0. The molecular weight excluding hydrogens is 170 g/mol. The van der Waals surface area contributed by atoms with Gasteiger partial charge in [-0.05, 0) is 13.8 Å². The van der Waals surface area contributed by atoms with Gasteiger partial charge in [0.1, 0.15) is 0 Å². The Kier molecular flexibility index (Phi) is 3.95. The number of hydrogen-bond acceptors (Lipinski definition) is 5. The molecule has 68 valence electrons. The molecule has 0 amide bonds. The SMILES string of the molecule is CC(C)N(O)CCS(=O)(=O)[O-]. The van der Waals surface area contributed by atoms with Crippen LogP contribution in [0.3, 0.4) is 0 Å². The molecule has 0 rings (SSSR count). The van der Waals surface area contributed by atoms with Crippen LogP contribution in [0.2, 0.25) is 0 Å². The Bertz CT molecular complexity index is 199. The fourth-order valence-electron chi connectivity index (χ4n) is 0.464. The first kappa shape index (κ1) is 10.8. The molecule has 1 N–H and O–H groups in total. The van der Waals surface area contributed by atoms with Gasteiger partial charge in [-0.3, -0.25) is 0 Å². The minimum absolute atomic E-state index is 0.135. The molecular formula is C5H12NO4S-. The van der Waals surface area contributed by atoms with E-state index in [9.17, 15) is 13.0 Å². The second-order valence-electron chi connectivity index (χ2n) is 2.52. The zero-order valence-corrected chi connectivity index (χ0v) is 7.34. The molecule has 0 spiro atoms. The van der Waals surface area contributed by atoms with Gasteiger partial charge in [-0.25, -0.2) is 8.42 Å². The van der Waals surface area contributed by atoms with Crippen LogP contribution in [0.1, 0.15) is 13.8 Å². The fourth-order valence-corrected chi connectivity index (χ4v) is 0.874. The zero-order chi connectivity index (χ0) is 9.07. The van der Waals surface area contributed by atoms with Crippen molar-refractivity contribution < 1.29 is 18.2 Å². The first-order valence-corrected chi connectivity index (χ1v) is 4.80. The summed E-state index contributed by atoms with van der Waals surface area (Å²) in [4.78, 5) is 0. The van der Waals surface area contributed by atoms with Crippen molar-refractivity contribution >= 4 is 10.1 Å². The highest BCUT2D eigenvalue weighted by Crippen LogP contribution is 1.93. The van der Waals surface area contributed by atoms with Gasteiger partial charge in [-0.15, -0.1) is 0 Å². The highest BCUT2D eigenvalue weighted by Gasteiger charge is 2.06. The Morgan fingerprint density at radius 2 is 2.00 bits per heavy atom. The average Bonchev–Trinajstić information content (AvgIpc) is 1.80. The topological polar surface area (TPSA) is 80.7 Å². The predicted octanol–water partition coefficient (Wildman–Crippen LogP) is -0.369. The molecule has 0 heterocycles. The van der Waals surface area contributed by atoms with Crippen molar-refractivity contribution in [2.24, 2.45) is 0 Å².